The Labute approximate surface area is 90.4 Å². The van der Waals surface area contributed by atoms with Crippen LogP contribution in [-0.4, -0.2) is 13.1 Å². The zero-order valence-electron chi connectivity index (χ0n) is 9.63. The van der Waals surface area contributed by atoms with Crippen molar-refractivity contribution in [3.05, 3.63) is 23.2 Å². The van der Waals surface area contributed by atoms with E-state index in [2.05, 4.69) is 11.7 Å². The van der Waals surface area contributed by atoms with Gasteiger partial charge < -0.3 is 9.15 Å². The van der Waals surface area contributed by atoms with E-state index in [0.717, 1.165) is 24.2 Å². The van der Waals surface area contributed by atoms with Crippen LogP contribution in [0.2, 0.25) is 0 Å². The fraction of sp³-hybridized carbons (Fsp3) is 0.583. The molecule has 1 rings (SSSR count). The number of carbonyl (C=O) groups is 1. The van der Waals surface area contributed by atoms with E-state index in [4.69, 9.17) is 4.42 Å². The van der Waals surface area contributed by atoms with E-state index in [0.29, 0.717) is 5.76 Å². The molecule has 1 heterocycles. The summed E-state index contributed by atoms with van der Waals surface area (Å²) in [6.07, 6.45) is 4.37. The maximum Gasteiger partial charge on any atom is 0.374 e. The Balaban J connectivity index is 2.64. The van der Waals surface area contributed by atoms with E-state index in [9.17, 15) is 4.79 Å². The second-order valence-corrected chi connectivity index (χ2v) is 3.67. The fourth-order valence-electron chi connectivity index (χ4n) is 1.52. The van der Waals surface area contributed by atoms with Crippen LogP contribution in [0.4, 0.5) is 0 Å². The molecule has 0 spiro atoms. The zero-order valence-corrected chi connectivity index (χ0v) is 9.63. The molecular formula is C12H18O3. The van der Waals surface area contributed by atoms with Crippen LogP contribution in [0.1, 0.15) is 48.1 Å². The molecule has 0 unspecified atom stereocenters. The normalized spacial score (nSPS) is 10.3. The molecule has 0 fully saturated rings. The van der Waals surface area contributed by atoms with Gasteiger partial charge >= 0.3 is 5.97 Å². The Hall–Kier alpha value is -1.25. The first kappa shape index (κ1) is 11.8. The highest BCUT2D eigenvalue weighted by atomic mass is 16.5. The van der Waals surface area contributed by atoms with Gasteiger partial charge in [0.25, 0.3) is 0 Å². The summed E-state index contributed by atoms with van der Waals surface area (Å²) in [5, 5.41) is 0. The van der Waals surface area contributed by atoms with Gasteiger partial charge in [-0.2, -0.15) is 0 Å². The lowest BCUT2D eigenvalue weighted by Crippen LogP contribution is -2.00. The predicted molar refractivity (Wildman–Crippen MR) is 58.0 cm³/mol. The summed E-state index contributed by atoms with van der Waals surface area (Å²) in [6, 6.07) is 1.92. The van der Waals surface area contributed by atoms with Crippen LogP contribution in [-0.2, 0) is 11.2 Å². The Kier molecular flexibility index (Phi) is 4.40. The molecule has 0 aliphatic rings. The minimum Gasteiger partial charge on any atom is -0.463 e. The van der Waals surface area contributed by atoms with Crippen LogP contribution in [0, 0.1) is 6.92 Å². The Morgan fingerprint density at radius 1 is 1.47 bits per heavy atom. The highest BCUT2D eigenvalue weighted by Crippen LogP contribution is 2.17. The van der Waals surface area contributed by atoms with Crippen molar-refractivity contribution in [3.8, 4) is 0 Å². The number of methoxy groups -OCH3 is 1. The summed E-state index contributed by atoms with van der Waals surface area (Å²) in [4.78, 5) is 11.3. The molecule has 0 N–H and O–H groups in total. The van der Waals surface area contributed by atoms with E-state index < -0.39 is 5.97 Å². The van der Waals surface area contributed by atoms with Crippen molar-refractivity contribution in [1.29, 1.82) is 0 Å². The molecule has 1 aromatic rings. The number of carbonyl (C=O) groups excluding carboxylic acids is 1. The molecule has 0 aliphatic heterocycles. The maximum atomic E-state index is 11.3. The molecule has 0 bridgehead atoms. The van der Waals surface area contributed by atoms with E-state index in [1.165, 1.54) is 20.0 Å². The second kappa shape index (κ2) is 5.59. The van der Waals surface area contributed by atoms with Gasteiger partial charge in [0.05, 0.1) is 7.11 Å². The molecule has 3 heteroatoms. The molecule has 0 amide bonds. The summed E-state index contributed by atoms with van der Waals surface area (Å²) in [7, 11) is 1.36. The summed E-state index contributed by atoms with van der Waals surface area (Å²) < 4.78 is 10.1. The van der Waals surface area contributed by atoms with Gasteiger partial charge in [-0.05, 0) is 19.4 Å². The van der Waals surface area contributed by atoms with Crippen LogP contribution in [0.3, 0.4) is 0 Å². The number of rotatable bonds is 5. The smallest absolute Gasteiger partial charge is 0.374 e. The quantitative estimate of drug-likeness (QED) is 0.553. The van der Waals surface area contributed by atoms with Crippen LogP contribution in [0.5, 0.6) is 0 Å². The van der Waals surface area contributed by atoms with Crippen LogP contribution >= 0.6 is 0 Å². The number of hydrogen-bond donors (Lipinski definition) is 0. The molecule has 0 radical (unpaired) electrons. The lowest BCUT2D eigenvalue weighted by molar-refractivity contribution is 0.0562. The Bertz CT molecular complexity index is 326. The third-order valence-electron chi connectivity index (χ3n) is 2.37. The monoisotopic (exact) mass is 210 g/mol. The third kappa shape index (κ3) is 3.11. The number of hydrogen-bond acceptors (Lipinski definition) is 3. The van der Waals surface area contributed by atoms with E-state index in [1.54, 1.807) is 0 Å². The van der Waals surface area contributed by atoms with Crippen molar-refractivity contribution in [1.82, 2.24) is 0 Å². The SMILES string of the molecule is CCCCCc1cc(C)c(C(=O)OC)o1. The van der Waals surface area contributed by atoms with Gasteiger partial charge in [0.1, 0.15) is 5.76 Å². The highest BCUT2D eigenvalue weighted by Gasteiger charge is 2.15. The van der Waals surface area contributed by atoms with Crippen molar-refractivity contribution >= 4 is 5.97 Å². The van der Waals surface area contributed by atoms with E-state index in [-0.39, 0.29) is 0 Å². The molecule has 1 aromatic heterocycles. The minimum atomic E-state index is -0.394. The number of aryl methyl sites for hydroxylation is 2. The Morgan fingerprint density at radius 2 is 2.20 bits per heavy atom. The number of furan rings is 1. The first-order chi connectivity index (χ1) is 7.19. The first-order valence-electron chi connectivity index (χ1n) is 5.36. The average Bonchev–Trinajstić information content (AvgIpc) is 2.59. The van der Waals surface area contributed by atoms with Gasteiger partial charge in [0.15, 0.2) is 0 Å². The molecule has 0 atom stereocenters. The van der Waals surface area contributed by atoms with Crippen molar-refractivity contribution in [2.45, 2.75) is 39.5 Å². The number of unbranched alkanes of at least 4 members (excludes halogenated alkanes) is 2. The molecule has 0 aliphatic carbocycles. The lowest BCUT2D eigenvalue weighted by Gasteiger charge is -1.96. The summed E-state index contributed by atoms with van der Waals surface area (Å²) in [6.45, 7) is 4.02. The van der Waals surface area contributed by atoms with E-state index in [1.807, 2.05) is 13.0 Å². The first-order valence-corrected chi connectivity index (χ1v) is 5.36. The van der Waals surface area contributed by atoms with Gasteiger partial charge in [-0.25, -0.2) is 4.79 Å². The van der Waals surface area contributed by atoms with Crippen LogP contribution in [0.25, 0.3) is 0 Å². The molecule has 15 heavy (non-hydrogen) atoms. The summed E-state index contributed by atoms with van der Waals surface area (Å²) in [5.74, 6) is 0.819. The van der Waals surface area contributed by atoms with Crippen molar-refractivity contribution in [2.75, 3.05) is 7.11 Å². The fourth-order valence-corrected chi connectivity index (χ4v) is 1.52. The van der Waals surface area contributed by atoms with Crippen molar-refractivity contribution in [2.24, 2.45) is 0 Å². The highest BCUT2D eigenvalue weighted by molar-refractivity contribution is 5.87. The number of esters is 1. The molecule has 0 saturated heterocycles. The number of ether oxygens (including phenoxy) is 1. The minimum absolute atomic E-state index is 0.337. The van der Waals surface area contributed by atoms with Gasteiger partial charge in [-0.3, -0.25) is 0 Å². The molecular weight excluding hydrogens is 192 g/mol. The third-order valence-corrected chi connectivity index (χ3v) is 2.37. The zero-order chi connectivity index (χ0) is 11.3. The second-order valence-electron chi connectivity index (χ2n) is 3.67. The van der Waals surface area contributed by atoms with Crippen molar-refractivity contribution < 1.29 is 13.9 Å². The van der Waals surface area contributed by atoms with Gasteiger partial charge in [0, 0.05) is 12.0 Å². The van der Waals surface area contributed by atoms with Crippen LogP contribution < -0.4 is 0 Å². The van der Waals surface area contributed by atoms with Crippen LogP contribution in [0.15, 0.2) is 10.5 Å². The van der Waals surface area contributed by atoms with Crippen molar-refractivity contribution in [3.63, 3.8) is 0 Å². The van der Waals surface area contributed by atoms with E-state index >= 15 is 0 Å². The lowest BCUT2D eigenvalue weighted by atomic mass is 10.1. The largest absolute Gasteiger partial charge is 0.463 e. The molecule has 0 aromatic carbocycles. The molecule has 3 nitrogen and oxygen atoms in total. The van der Waals surface area contributed by atoms with Gasteiger partial charge in [0.2, 0.25) is 5.76 Å². The molecule has 0 saturated carbocycles. The standard InChI is InChI=1S/C12H18O3/c1-4-5-6-7-10-8-9(2)11(15-10)12(13)14-3/h8H,4-7H2,1-3H3. The Morgan fingerprint density at radius 3 is 2.80 bits per heavy atom. The summed E-state index contributed by atoms with van der Waals surface area (Å²) >= 11 is 0. The molecule has 84 valence electrons. The summed E-state index contributed by atoms with van der Waals surface area (Å²) in [5.41, 5.74) is 0.855. The maximum absolute atomic E-state index is 11.3. The van der Waals surface area contributed by atoms with Gasteiger partial charge in [-0.1, -0.05) is 19.8 Å². The predicted octanol–water partition coefficient (Wildman–Crippen LogP) is 3.11. The van der Waals surface area contributed by atoms with Gasteiger partial charge in [-0.15, -0.1) is 0 Å². The average molecular weight is 210 g/mol. The topological polar surface area (TPSA) is 39.4 Å².